The molecule has 1 aromatic rings. The molecule has 0 aromatic heterocycles. The lowest BCUT2D eigenvalue weighted by Gasteiger charge is -2.39. The van der Waals surface area contributed by atoms with Crippen LogP contribution in [0.5, 0.6) is 0 Å². The Kier molecular flexibility index (Phi) is 6.97. The summed E-state index contributed by atoms with van der Waals surface area (Å²) in [5, 5.41) is 3.15. The Morgan fingerprint density at radius 1 is 1.30 bits per heavy atom. The first kappa shape index (κ1) is 18.3. The van der Waals surface area contributed by atoms with Crippen LogP contribution in [-0.4, -0.2) is 30.5 Å². The molecule has 1 aliphatic rings. The van der Waals surface area contributed by atoms with Crippen molar-refractivity contribution in [1.29, 1.82) is 0 Å². The normalized spacial score (nSPS) is 18.4. The number of hydrogen-bond acceptors (Lipinski definition) is 3. The molecule has 128 valence electrons. The molecule has 23 heavy (non-hydrogen) atoms. The molecule has 2 rings (SSSR count). The van der Waals surface area contributed by atoms with Crippen LogP contribution in [0.25, 0.3) is 0 Å². The van der Waals surface area contributed by atoms with E-state index in [2.05, 4.69) is 36.5 Å². The molecule has 0 unspecified atom stereocenters. The summed E-state index contributed by atoms with van der Waals surface area (Å²) < 4.78 is 0. The predicted molar refractivity (Wildman–Crippen MR) is 99.9 cm³/mol. The summed E-state index contributed by atoms with van der Waals surface area (Å²) in [5.41, 5.74) is 8.82. The van der Waals surface area contributed by atoms with E-state index in [-0.39, 0.29) is 17.4 Å². The van der Waals surface area contributed by atoms with Crippen LogP contribution in [0.15, 0.2) is 24.3 Å². The molecule has 3 nitrogen and oxygen atoms in total. The van der Waals surface area contributed by atoms with Crippen LogP contribution in [0.3, 0.4) is 0 Å². The first-order chi connectivity index (χ1) is 11.1. The molecular formula is C19H30N2OS. The smallest absolute Gasteiger partial charge is 0.236 e. The van der Waals surface area contributed by atoms with Gasteiger partial charge in [0.2, 0.25) is 5.91 Å². The number of nitrogens with one attached hydrogen (secondary N) is 1. The van der Waals surface area contributed by atoms with E-state index in [0.717, 1.165) is 25.0 Å². The number of hydrogen-bond donors (Lipinski definition) is 2. The van der Waals surface area contributed by atoms with Crippen molar-refractivity contribution in [2.45, 2.75) is 56.9 Å². The minimum absolute atomic E-state index is 0.00224. The fourth-order valence-corrected chi connectivity index (χ4v) is 4.19. The molecule has 1 fully saturated rings. The molecular weight excluding hydrogens is 304 g/mol. The van der Waals surface area contributed by atoms with Gasteiger partial charge in [-0.2, -0.15) is 11.8 Å². The summed E-state index contributed by atoms with van der Waals surface area (Å²) in [5.74, 6) is 0.926. The van der Waals surface area contributed by atoms with E-state index in [4.69, 9.17) is 5.73 Å². The third kappa shape index (κ3) is 4.74. The molecule has 3 N–H and O–H groups in total. The van der Waals surface area contributed by atoms with Crippen LogP contribution in [0.4, 0.5) is 0 Å². The van der Waals surface area contributed by atoms with Crippen molar-refractivity contribution >= 4 is 17.7 Å². The van der Waals surface area contributed by atoms with Crippen LogP contribution in [-0.2, 0) is 10.2 Å². The number of benzene rings is 1. The summed E-state index contributed by atoms with van der Waals surface area (Å²) in [4.78, 5) is 12.3. The lowest BCUT2D eigenvalue weighted by Crippen LogP contribution is -2.48. The molecule has 0 radical (unpaired) electrons. The fourth-order valence-electron chi connectivity index (χ4n) is 3.70. The second-order valence-corrected chi connectivity index (χ2v) is 7.75. The average molecular weight is 335 g/mol. The van der Waals surface area contributed by atoms with Gasteiger partial charge in [-0.05, 0) is 49.3 Å². The summed E-state index contributed by atoms with van der Waals surface area (Å²) in [6, 6.07) is 8.23. The lowest BCUT2D eigenvalue weighted by molar-refractivity contribution is -0.122. The molecule has 1 aromatic carbocycles. The molecule has 1 atom stereocenters. The lowest BCUT2D eigenvalue weighted by atomic mass is 9.68. The molecule has 1 amide bonds. The predicted octanol–water partition coefficient (Wildman–Crippen LogP) is 3.39. The van der Waals surface area contributed by atoms with Gasteiger partial charge in [-0.3, -0.25) is 4.79 Å². The summed E-state index contributed by atoms with van der Waals surface area (Å²) in [7, 11) is 0. The highest BCUT2D eigenvalue weighted by Gasteiger charge is 2.35. The van der Waals surface area contributed by atoms with Crippen LogP contribution in [0.1, 0.15) is 49.7 Å². The Labute approximate surface area is 144 Å². The van der Waals surface area contributed by atoms with Gasteiger partial charge in [-0.25, -0.2) is 0 Å². The first-order valence-electron chi connectivity index (χ1n) is 8.67. The first-order valence-corrected chi connectivity index (χ1v) is 10.1. The summed E-state index contributed by atoms with van der Waals surface area (Å²) in [6.45, 7) is 2.89. The topological polar surface area (TPSA) is 55.1 Å². The quantitative estimate of drug-likeness (QED) is 0.803. The Morgan fingerprint density at radius 2 is 2.00 bits per heavy atom. The van der Waals surface area contributed by atoms with E-state index in [1.54, 1.807) is 11.8 Å². The Hall–Kier alpha value is -1.00. The highest BCUT2D eigenvalue weighted by atomic mass is 32.2. The number of rotatable bonds is 7. The number of carbonyl (C=O) groups excluding carboxylic acids is 1. The second-order valence-electron chi connectivity index (χ2n) is 6.76. The number of carbonyl (C=O) groups is 1. The van der Waals surface area contributed by atoms with Gasteiger partial charge >= 0.3 is 0 Å². The molecule has 1 aliphatic carbocycles. The zero-order chi connectivity index (χ0) is 16.7. The van der Waals surface area contributed by atoms with Crippen molar-refractivity contribution in [3.05, 3.63) is 35.4 Å². The van der Waals surface area contributed by atoms with Crippen LogP contribution in [0, 0.1) is 6.92 Å². The maximum Gasteiger partial charge on any atom is 0.236 e. The zero-order valence-electron chi connectivity index (χ0n) is 14.4. The van der Waals surface area contributed by atoms with Crippen molar-refractivity contribution in [2.24, 2.45) is 5.73 Å². The molecule has 0 saturated heterocycles. The van der Waals surface area contributed by atoms with E-state index >= 15 is 0 Å². The largest absolute Gasteiger partial charge is 0.354 e. The Bertz CT molecular complexity index is 512. The zero-order valence-corrected chi connectivity index (χ0v) is 15.3. The fraction of sp³-hybridized carbons (Fsp3) is 0.632. The molecule has 0 spiro atoms. The van der Waals surface area contributed by atoms with E-state index in [1.807, 2.05) is 6.26 Å². The third-order valence-electron chi connectivity index (χ3n) is 5.10. The summed E-state index contributed by atoms with van der Waals surface area (Å²) >= 11 is 1.73. The Balaban J connectivity index is 2.08. The van der Waals surface area contributed by atoms with Gasteiger partial charge in [0.15, 0.2) is 0 Å². The van der Waals surface area contributed by atoms with E-state index in [0.29, 0.717) is 6.54 Å². The van der Waals surface area contributed by atoms with Crippen molar-refractivity contribution < 1.29 is 4.79 Å². The minimum atomic E-state index is -0.389. The molecule has 1 saturated carbocycles. The van der Waals surface area contributed by atoms with Crippen LogP contribution in [0.2, 0.25) is 0 Å². The van der Waals surface area contributed by atoms with E-state index in [9.17, 15) is 4.79 Å². The van der Waals surface area contributed by atoms with E-state index < -0.39 is 0 Å². The Morgan fingerprint density at radius 3 is 2.65 bits per heavy atom. The SMILES string of the molecule is CSCC[C@H](N)C(=O)NCC1(c2ccccc2C)CCCCC1. The summed E-state index contributed by atoms with van der Waals surface area (Å²) in [6.07, 6.45) is 8.86. The van der Waals surface area contributed by atoms with Gasteiger partial charge in [0, 0.05) is 12.0 Å². The van der Waals surface area contributed by atoms with Gasteiger partial charge in [0.25, 0.3) is 0 Å². The van der Waals surface area contributed by atoms with Gasteiger partial charge in [-0.15, -0.1) is 0 Å². The minimum Gasteiger partial charge on any atom is -0.354 e. The van der Waals surface area contributed by atoms with Crippen LogP contribution < -0.4 is 11.1 Å². The van der Waals surface area contributed by atoms with Crippen molar-refractivity contribution in [2.75, 3.05) is 18.6 Å². The van der Waals surface area contributed by atoms with Crippen molar-refractivity contribution in [3.8, 4) is 0 Å². The van der Waals surface area contributed by atoms with Crippen molar-refractivity contribution in [1.82, 2.24) is 5.32 Å². The van der Waals surface area contributed by atoms with Crippen molar-refractivity contribution in [3.63, 3.8) is 0 Å². The monoisotopic (exact) mass is 334 g/mol. The van der Waals surface area contributed by atoms with Crippen LogP contribution >= 0.6 is 11.8 Å². The molecule has 0 aliphatic heterocycles. The molecule has 0 heterocycles. The number of thioether (sulfide) groups is 1. The van der Waals surface area contributed by atoms with Gasteiger partial charge in [0.05, 0.1) is 6.04 Å². The standard InChI is InChI=1S/C19H30N2OS/c1-15-8-4-5-9-16(15)19(11-6-3-7-12-19)14-21-18(22)17(20)10-13-23-2/h4-5,8-9,17H,3,6-7,10-14,20H2,1-2H3,(H,21,22)/t17-/m0/s1. The second kappa shape index (κ2) is 8.74. The number of amides is 1. The number of aryl methyl sites for hydroxylation is 1. The molecule has 4 heteroatoms. The average Bonchev–Trinajstić information content (AvgIpc) is 2.58. The van der Waals surface area contributed by atoms with E-state index in [1.165, 1.54) is 30.4 Å². The van der Waals surface area contributed by atoms with Gasteiger partial charge in [0.1, 0.15) is 0 Å². The van der Waals surface area contributed by atoms with Gasteiger partial charge < -0.3 is 11.1 Å². The molecule has 0 bridgehead atoms. The number of nitrogens with two attached hydrogens (primary N) is 1. The highest BCUT2D eigenvalue weighted by molar-refractivity contribution is 7.98. The maximum absolute atomic E-state index is 12.3. The maximum atomic E-state index is 12.3. The van der Waals surface area contributed by atoms with Gasteiger partial charge in [-0.1, -0.05) is 43.5 Å². The third-order valence-corrected chi connectivity index (χ3v) is 5.74. The highest BCUT2D eigenvalue weighted by Crippen LogP contribution is 2.40.